The summed E-state index contributed by atoms with van der Waals surface area (Å²) in [5.41, 5.74) is 11.9. The van der Waals surface area contributed by atoms with E-state index in [1.807, 2.05) is 30.7 Å². The highest BCUT2D eigenvalue weighted by Crippen LogP contribution is 2.49. The fraction of sp³-hybridized carbons (Fsp3) is 0.0968. The molecule has 0 fully saturated rings. The molecule has 2 heteroatoms. The lowest BCUT2D eigenvalue weighted by Crippen LogP contribution is -2.15. The molecule has 0 bridgehead atoms. The monoisotopic (exact) mass is 422 g/mol. The fourth-order valence-corrected chi connectivity index (χ4v) is 5.68. The number of aromatic nitrogens is 2. The molecule has 2 aromatic heterocycles. The molecule has 0 saturated carbocycles. The highest BCUT2D eigenvalue weighted by Gasteiger charge is 2.30. The summed E-state index contributed by atoms with van der Waals surface area (Å²) in [6.07, 6.45) is 12.3. The van der Waals surface area contributed by atoms with Gasteiger partial charge in [0.1, 0.15) is 0 Å². The van der Waals surface area contributed by atoms with Gasteiger partial charge in [-0.05, 0) is 80.8 Å². The van der Waals surface area contributed by atoms with Crippen LogP contribution in [0.2, 0.25) is 0 Å². The van der Waals surface area contributed by atoms with Gasteiger partial charge in [0.2, 0.25) is 0 Å². The number of allylic oxidation sites excluding steroid dienone is 2. The van der Waals surface area contributed by atoms with Gasteiger partial charge in [0, 0.05) is 30.1 Å². The van der Waals surface area contributed by atoms with E-state index in [4.69, 9.17) is 4.98 Å². The van der Waals surface area contributed by atoms with Gasteiger partial charge in [-0.3, -0.25) is 9.97 Å². The van der Waals surface area contributed by atoms with Crippen LogP contribution in [0.1, 0.15) is 33.7 Å². The number of hydrogen-bond donors (Lipinski definition) is 0. The van der Waals surface area contributed by atoms with Crippen LogP contribution in [0.5, 0.6) is 0 Å². The zero-order valence-corrected chi connectivity index (χ0v) is 18.2. The predicted octanol–water partition coefficient (Wildman–Crippen LogP) is 7.11. The fourth-order valence-electron chi connectivity index (χ4n) is 5.68. The molecule has 0 N–H and O–H groups in total. The Bertz CT molecular complexity index is 1540. The molecule has 3 aromatic carbocycles. The number of benzene rings is 3. The molecule has 2 aliphatic rings. The van der Waals surface area contributed by atoms with Crippen molar-refractivity contribution in [3.8, 4) is 22.4 Å². The summed E-state index contributed by atoms with van der Waals surface area (Å²) >= 11 is 0. The Morgan fingerprint density at radius 2 is 1.70 bits per heavy atom. The number of nitrogens with zero attached hydrogens (tertiary/aromatic N) is 2. The molecule has 0 spiro atoms. The van der Waals surface area contributed by atoms with Crippen molar-refractivity contribution in [1.29, 1.82) is 0 Å². The maximum absolute atomic E-state index is 4.73. The molecule has 0 aliphatic heterocycles. The number of hydrogen-bond acceptors (Lipinski definition) is 2. The van der Waals surface area contributed by atoms with Gasteiger partial charge in [-0.15, -0.1) is 0 Å². The second-order valence-electron chi connectivity index (χ2n) is 8.99. The van der Waals surface area contributed by atoms with Crippen LogP contribution in [0.3, 0.4) is 0 Å². The summed E-state index contributed by atoms with van der Waals surface area (Å²) < 4.78 is 0. The molecule has 1 unspecified atom stereocenters. The third-order valence-electron chi connectivity index (χ3n) is 7.17. The molecule has 156 valence electrons. The summed E-state index contributed by atoms with van der Waals surface area (Å²) in [6, 6.07) is 26.5. The van der Waals surface area contributed by atoms with E-state index in [-0.39, 0.29) is 0 Å². The summed E-state index contributed by atoms with van der Waals surface area (Å²) in [6.45, 7) is 0. The Labute approximate surface area is 193 Å². The van der Waals surface area contributed by atoms with E-state index < -0.39 is 0 Å². The molecule has 1 atom stereocenters. The van der Waals surface area contributed by atoms with Crippen molar-refractivity contribution in [1.82, 2.24) is 9.97 Å². The van der Waals surface area contributed by atoms with Crippen molar-refractivity contribution < 1.29 is 0 Å². The van der Waals surface area contributed by atoms with E-state index in [1.54, 1.807) is 0 Å². The minimum absolute atomic E-state index is 0.342. The summed E-state index contributed by atoms with van der Waals surface area (Å²) in [5.74, 6) is 0.342. The minimum atomic E-state index is 0.342. The first-order valence-corrected chi connectivity index (χ1v) is 11.6. The second kappa shape index (κ2) is 7.25. The van der Waals surface area contributed by atoms with E-state index in [0.29, 0.717) is 5.92 Å². The number of fused-ring (bicyclic) bond motifs is 2. The van der Waals surface area contributed by atoms with E-state index in [0.717, 1.165) is 24.1 Å². The van der Waals surface area contributed by atoms with Gasteiger partial charge in [0.15, 0.2) is 0 Å². The van der Waals surface area contributed by atoms with E-state index in [1.165, 1.54) is 49.7 Å². The number of pyridine rings is 2. The molecule has 2 aliphatic carbocycles. The first-order valence-electron chi connectivity index (χ1n) is 11.6. The number of rotatable bonds is 3. The van der Waals surface area contributed by atoms with Crippen molar-refractivity contribution in [3.63, 3.8) is 0 Å². The van der Waals surface area contributed by atoms with Crippen LogP contribution in [0.15, 0.2) is 104 Å². The largest absolute Gasteiger partial charge is 0.265 e. The Hall–Kier alpha value is -4.04. The lowest BCUT2D eigenvalue weighted by molar-refractivity contribution is 0.936. The lowest BCUT2D eigenvalue weighted by atomic mass is 9.71. The SMILES string of the molecule is C1=CC2c3c(ccc(Cc4ccc(-c5ccncc5)nc4)c3C1)-c1cccc3cccc2c13. The topological polar surface area (TPSA) is 25.8 Å². The third-order valence-corrected chi connectivity index (χ3v) is 7.17. The molecule has 2 heterocycles. The summed E-state index contributed by atoms with van der Waals surface area (Å²) in [7, 11) is 0. The quantitative estimate of drug-likeness (QED) is 0.290. The maximum Gasteiger partial charge on any atom is 0.0703 e. The van der Waals surface area contributed by atoms with Gasteiger partial charge >= 0.3 is 0 Å². The molecule has 5 aromatic rings. The first kappa shape index (κ1) is 18.5. The average molecular weight is 423 g/mol. The Morgan fingerprint density at radius 3 is 2.55 bits per heavy atom. The van der Waals surface area contributed by atoms with Crippen LogP contribution in [0.4, 0.5) is 0 Å². The Kier molecular flexibility index (Phi) is 4.07. The molecule has 2 nitrogen and oxygen atoms in total. The van der Waals surface area contributed by atoms with Crippen LogP contribution >= 0.6 is 0 Å². The molecular formula is C31H22N2. The normalized spacial score (nSPS) is 15.5. The van der Waals surface area contributed by atoms with Crippen LogP contribution in [-0.4, -0.2) is 9.97 Å². The van der Waals surface area contributed by atoms with Crippen LogP contribution in [0.25, 0.3) is 33.2 Å². The van der Waals surface area contributed by atoms with E-state index in [9.17, 15) is 0 Å². The summed E-state index contributed by atoms with van der Waals surface area (Å²) in [4.78, 5) is 8.83. The van der Waals surface area contributed by atoms with Gasteiger partial charge in [-0.25, -0.2) is 0 Å². The molecular weight excluding hydrogens is 400 g/mol. The van der Waals surface area contributed by atoms with Crippen LogP contribution < -0.4 is 0 Å². The standard InChI is InChI=1S/C31H22N2/c1-4-22-5-2-8-26-28-12-11-23(24-6-3-9-27(31(24)28)25(7-1)30(22)26)18-20-10-13-29(33-19-20)21-14-16-32-17-15-21/h1-5,7-17,19,27H,6,18H2. The van der Waals surface area contributed by atoms with Gasteiger partial charge in [-0.1, -0.05) is 66.7 Å². The van der Waals surface area contributed by atoms with Crippen molar-refractivity contribution in [2.45, 2.75) is 18.8 Å². The molecule has 0 saturated heterocycles. The predicted molar refractivity (Wildman–Crippen MR) is 134 cm³/mol. The summed E-state index contributed by atoms with van der Waals surface area (Å²) in [5, 5.41) is 2.75. The third kappa shape index (κ3) is 2.87. The Morgan fingerprint density at radius 1 is 0.818 bits per heavy atom. The van der Waals surface area contributed by atoms with Gasteiger partial charge in [0.25, 0.3) is 0 Å². The zero-order chi connectivity index (χ0) is 21.8. The highest BCUT2D eigenvalue weighted by atomic mass is 14.7. The van der Waals surface area contributed by atoms with Crippen LogP contribution in [-0.2, 0) is 12.8 Å². The van der Waals surface area contributed by atoms with Gasteiger partial charge in [0.05, 0.1) is 5.69 Å². The van der Waals surface area contributed by atoms with Crippen molar-refractivity contribution in [2.24, 2.45) is 0 Å². The second-order valence-corrected chi connectivity index (χ2v) is 8.99. The molecule has 33 heavy (non-hydrogen) atoms. The van der Waals surface area contributed by atoms with Crippen molar-refractivity contribution in [2.75, 3.05) is 0 Å². The van der Waals surface area contributed by atoms with Crippen molar-refractivity contribution in [3.05, 3.63) is 131 Å². The van der Waals surface area contributed by atoms with Crippen LogP contribution in [0, 0.1) is 0 Å². The maximum atomic E-state index is 4.73. The van der Waals surface area contributed by atoms with Gasteiger partial charge in [-0.2, -0.15) is 0 Å². The molecule has 0 amide bonds. The molecule has 0 radical (unpaired) electrons. The zero-order valence-electron chi connectivity index (χ0n) is 18.2. The first-order chi connectivity index (χ1) is 16.4. The minimum Gasteiger partial charge on any atom is -0.265 e. The lowest BCUT2D eigenvalue weighted by Gasteiger charge is -2.32. The Balaban J connectivity index is 1.32. The highest BCUT2D eigenvalue weighted by molar-refractivity contribution is 6.03. The van der Waals surface area contributed by atoms with E-state index in [2.05, 4.69) is 77.8 Å². The van der Waals surface area contributed by atoms with Crippen molar-refractivity contribution >= 4 is 10.8 Å². The smallest absolute Gasteiger partial charge is 0.0703 e. The van der Waals surface area contributed by atoms with Gasteiger partial charge < -0.3 is 0 Å². The van der Waals surface area contributed by atoms with E-state index >= 15 is 0 Å². The molecule has 7 rings (SSSR count). The average Bonchev–Trinajstić information content (AvgIpc) is 2.89.